The zero-order valence-electron chi connectivity index (χ0n) is 15.7. The van der Waals surface area contributed by atoms with Gasteiger partial charge in [-0.15, -0.1) is 0 Å². The molecule has 2 heterocycles. The first-order valence-electron chi connectivity index (χ1n) is 9.41. The van der Waals surface area contributed by atoms with Crippen LogP contribution in [0.4, 0.5) is 5.82 Å². The summed E-state index contributed by atoms with van der Waals surface area (Å²) in [5, 5.41) is 12.7. The number of imidazole rings is 1. The lowest BCUT2D eigenvalue weighted by molar-refractivity contribution is 0.408. The number of hydrogen-bond donors (Lipinski definition) is 2. The van der Waals surface area contributed by atoms with Gasteiger partial charge in [0.2, 0.25) is 0 Å². The van der Waals surface area contributed by atoms with Crippen LogP contribution in [0.2, 0.25) is 0 Å². The number of anilines is 1. The van der Waals surface area contributed by atoms with Crippen LogP contribution in [0.25, 0.3) is 21.9 Å². The van der Waals surface area contributed by atoms with Crippen LogP contribution in [-0.4, -0.2) is 24.6 Å². The maximum absolute atomic E-state index is 10.4. The maximum atomic E-state index is 10.4. The van der Waals surface area contributed by atoms with Gasteiger partial charge in [-0.1, -0.05) is 72.8 Å². The smallest absolute Gasteiger partial charge is 0.296 e. The molecule has 0 atom stereocenters. The summed E-state index contributed by atoms with van der Waals surface area (Å²) in [6.07, 6.45) is 0.540. The van der Waals surface area contributed by atoms with Gasteiger partial charge in [-0.2, -0.15) is 4.98 Å². The van der Waals surface area contributed by atoms with Gasteiger partial charge in [0.25, 0.3) is 6.01 Å². The van der Waals surface area contributed by atoms with E-state index < -0.39 is 0 Å². The Balaban J connectivity index is 1.59. The number of hydrogen-bond acceptors (Lipinski definition) is 5. The van der Waals surface area contributed by atoms with Gasteiger partial charge in [0.15, 0.2) is 17.0 Å². The average Bonchev–Trinajstić information content (AvgIpc) is 3.05. The topological polar surface area (TPSA) is 89.8 Å². The Labute approximate surface area is 167 Å². The second-order valence-corrected chi connectivity index (χ2v) is 7.00. The number of aromatic nitrogens is 4. The Morgan fingerprint density at radius 2 is 1.59 bits per heavy atom. The number of aromatic hydroxyl groups is 1. The molecule has 29 heavy (non-hydrogen) atoms. The summed E-state index contributed by atoms with van der Waals surface area (Å²) in [4.78, 5) is 13.3. The van der Waals surface area contributed by atoms with Gasteiger partial charge in [-0.25, -0.2) is 9.97 Å². The third-order valence-corrected chi connectivity index (χ3v) is 5.06. The molecule has 0 bridgehead atoms. The van der Waals surface area contributed by atoms with E-state index in [0.717, 1.165) is 16.5 Å². The third-order valence-electron chi connectivity index (χ3n) is 5.06. The molecule has 0 radical (unpaired) electrons. The van der Waals surface area contributed by atoms with Crippen molar-refractivity contribution in [2.75, 3.05) is 5.73 Å². The minimum Gasteiger partial charge on any atom is -0.480 e. The SMILES string of the molecule is Nc1nc(Cc2cccc3ccccc23)nc2c1nc(O)n2Cc1ccccc1. The molecular weight excluding hydrogens is 362 g/mol. The zero-order chi connectivity index (χ0) is 19.8. The summed E-state index contributed by atoms with van der Waals surface area (Å²) in [7, 11) is 0. The monoisotopic (exact) mass is 381 g/mol. The van der Waals surface area contributed by atoms with Gasteiger partial charge in [0.05, 0.1) is 6.54 Å². The first kappa shape index (κ1) is 17.2. The first-order chi connectivity index (χ1) is 14.2. The lowest BCUT2D eigenvalue weighted by atomic mass is 10.0. The average molecular weight is 381 g/mol. The van der Waals surface area contributed by atoms with Crippen LogP contribution in [0.1, 0.15) is 17.0 Å². The van der Waals surface area contributed by atoms with Crippen molar-refractivity contribution in [1.29, 1.82) is 0 Å². The van der Waals surface area contributed by atoms with Crippen molar-refractivity contribution in [3.05, 3.63) is 89.7 Å². The van der Waals surface area contributed by atoms with Crippen LogP contribution in [0.3, 0.4) is 0 Å². The maximum Gasteiger partial charge on any atom is 0.296 e. The second-order valence-electron chi connectivity index (χ2n) is 7.00. The van der Waals surface area contributed by atoms with Crippen molar-refractivity contribution in [3.8, 4) is 6.01 Å². The summed E-state index contributed by atoms with van der Waals surface area (Å²) >= 11 is 0. The van der Waals surface area contributed by atoms with E-state index in [2.05, 4.69) is 34.2 Å². The zero-order valence-corrected chi connectivity index (χ0v) is 15.7. The summed E-state index contributed by atoms with van der Waals surface area (Å²) in [5.41, 5.74) is 9.28. The number of nitrogen functional groups attached to an aromatic ring is 1. The molecule has 0 aliphatic rings. The molecule has 2 aromatic heterocycles. The molecule has 0 aliphatic heterocycles. The minimum atomic E-state index is -0.118. The number of fused-ring (bicyclic) bond motifs is 2. The molecular formula is C23H19N5O. The normalized spacial score (nSPS) is 11.3. The summed E-state index contributed by atoms with van der Waals surface area (Å²) < 4.78 is 1.66. The van der Waals surface area contributed by atoms with Gasteiger partial charge in [0, 0.05) is 6.42 Å². The van der Waals surface area contributed by atoms with Crippen LogP contribution in [-0.2, 0) is 13.0 Å². The van der Waals surface area contributed by atoms with Crippen molar-refractivity contribution in [2.24, 2.45) is 0 Å². The molecule has 0 amide bonds. The van der Waals surface area contributed by atoms with Crippen LogP contribution in [0.15, 0.2) is 72.8 Å². The van der Waals surface area contributed by atoms with E-state index in [1.165, 1.54) is 5.39 Å². The fourth-order valence-corrected chi connectivity index (χ4v) is 3.66. The lowest BCUT2D eigenvalue weighted by Gasteiger charge is -2.08. The Kier molecular flexibility index (Phi) is 4.09. The Morgan fingerprint density at radius 1 is 0.828 bits per heavy atom. The fraction of sp³-hybridized carbons (Fsp3) is 0.0870. The van der Waals surface area contributed by atoms with Crippen molar-refractivity contribution >= 4 is 27.8 Å². The van der Waals surface area contributed by atoms with E-state index in [-0.39, 0.29) is 11.8 Å². The van der Waals surface area contributed by atoms with E-state index >= 15 is 0 Å². The van der Waals surface area contributed by atoms with Crippen molar-refractivity contribution in [1.82, 2.24) is 19.5 Å². The first-order valence-corrected chi connectivity index (χ1v) is 9.41. The van der Waals surface area contributed by atoms with Gasteiger partial charge in [0.1, 0.15) is 5.82 Å². The van der Waals surface area contributed by atoms with Crippen LogP contribution in [0.5, 0.6) is 6.01 Å². The van der Waals surface area contributed by atoms with Crippen molar-refractivity contribution < 1.29 is 5.11 Å². The lowest BCUT2D eigenvalue weighted by Crippen LogP contribution is -2.06. The van der Waals surface area contributed by atoms with Crippen LogP contribution in [0, 0.1) is 0 Å². The summed E-state index contributed by atoms with van der Waals surface area (Å²) in [6, 6.07) is 24.2. The van der Waals surface area contributed by atoms with Crippen LogP contribution < -0.4 is 5.73 Å². The highest BCUT2D eigenvalue weighted by atomic mass is 16.3. The van der Waals surface area contributed by atoms with Gasteiger partial charge >= 0.3 is 0 Å². The molecule has 3 aromatic carbocycles. The van der Waals surface area contributed by atoms with E-state index in [0.29, 0.717) is 30.0 Å². The predicted octanol–water partition coefficient (Wildman–Crippen LogP) is 3.91. The largest absolute Gasteiger partial charge is 0.480 e. The summed E-state index contributed by atoms with van der Waals surface area (Å²) in [6.45, 7) is 0.452. The molecule has 0 fully saturated rings. The molecule has 6 nitrogen and oxygen atoms in total. The number of rotatable bonds is 4. The predicted molar refractivity (Wildman–Crippen MR) is 114 cm³/mol. The van der Waals surface area contributed by atoms with E-state index in [4.69, 9.17) is 10.7 Å². The molecule has 6 heteroatoms. The van der Waals surface area contributed by atoms with E-state index in [9.17, 15) is 5.11 Å². The second kappa shape index (κ2) is 6.91. The van der Waals surface area contributed by atoms with E-state index in [1.807, 2.05) is 48.5 Å². The Hall–Kier alpha value is -3.93. The van der Waals surface area contributed by atoms with Gasteiger partial charge in [-0.05, 0) is 21.9 Å². The van der Waals surface area contributed by atoms with Crippen molar-refractivity contribution in [2.45, 2.75) is 13.0 Å². The molecule has 0 aliphatic carbocycles. The highest BCUT2D eigenvalue weighted by Crippen LogP contribution is 2.26. The Morgan fingerprint density at radius 3 is 2.45 bits per heavy atom. The van der Waals surface area contributed by atoms with E-state index in [1.54, 1.807) is 4.57 Å². The molecule has 142 valence electrons. The molecule has 5 rings (SSSR count). The molecule has 3 N–H and O–H groups in total. The molecule has 0 spiro atoms. The Bertz CT molecular complexity index is 1320. The molecule has 0 unspecified atom stereocenters. The highest BCUT2D eigenvalue weighted by molar-refractivity contribution is 5.86. The number of nitrogens with zero attached hydrogens (tertiary/aromatic N) is 4. The molecule has 0 saturated heterocycles. The van der Waals surface area contributed by atoms with Gasteiger partial charge in [-0.3, -0.25) is 4.57 Å². The standard InChI is InChI=1S/C23H19N5O/c24-21-20-22(28(23(29)27-20)14-15-7-2-1-3-8-15)26-19(25-21)13-17-11-6-10-16-9-4-5-12-18(16)17/h1-12H,13-14H2,(H,27,29)(H2,24,25,26). The third kappa shape index (κ3) is 3.14. The fourth-order valence-electron chi connectivity index (χ4n) is 3.66. The number of nitrogens with two attached hydrogens (primary N) is 1. The molecule has 0 saturated carbocycles. The molecule has 5 aromatic rings. The quantitative estimate of drug-likeness (QED) is 0.493. The highest BCUT2D eigenvalue weighted by Gasteiger charge is 2.17. The number of benzene rings is 3. The van der Waals surface area contributed by atoms with Gasteiger partial charge < -0.3 is 10.8 Å². The summed E-state index contributed by atoms with van der Waals surface area (Å²) in [5.74, 6) is 0.868. The van der Waals surface area contributed by atoms with Crippen LogP contribution >= 0.6 is 0 Å². The van der Waals surface area contributed by atoms with Crippen molar-refractivity contribution in [3.63, 3.8) is 0 Å². The minimum absolute atomic E-state index is 0.118.